The molecule has 8 heteroatoms. The fourth-order valence-electron chi connectivity index (χ4n) is 2.29. The van der Waals surface area contributed by atoms with E-state index in [1.54, 1.807) is 22.8 Å². The smallest absolute Gasteiger partial charge is 0.267 e. The van der Waals surface area contributed by atoms with Crippen LogP contribution < -0.4 is 10.6 Å². The van der Waals surface area contributed by atoms with Gasteiger partial charge in [0.25, 0.3) is 5.91 Å². The lowest BCUT2D eigenvalue weighted by molar-refractivity contribution is -0.121. The van der Waals surface area contributed by atoms with Gasteiger partial charge in [-0.15, -0.1) is 34.0 Å². The number of nitrogens with zero attached hydrogens (tertiary/aromatic N) is 1. The minimum Gasteiger partial charge on any atom is -0.348 e. The molecule has 0 spiro atoms. The van der Waals surface area contributed by atoms with E-state index in [1.165, 1.54) is 22.7 Å². The van der Waals surface area contributed by atoms with E-state index in [1.807, 2.05) is 35.9 Å². The standard InChI is InChI=1S/C17H17N3O2S3/c1-2-12(13-5-3-7-23-13)19-15(21)9-11-10-25-17(18-11)20-16(22)14-6-4-8-24-14/h3-8,10,12H,2,9H2,1H3,(H,19,21)(H,18,20,22). The summed E-state index contributed by atoms with van der Waals surface area (Å²) < 4.78 is 0. The molecule has 3 aromatic rings. The lowest BCUT2D eigenvalue weighted by atomic mass is 10.2. The van der Waals surface area contributed by atoms with E-state index in [0.29, 0.717) is 15.7 Å². The Labute approximate surface area is 157 Å². The van der Waals surface area contributed by atoms with Crippen molar-refractivity contribution < 1.29 is 9.59 Å². The van der Waals surface area contributed by atoms with Gasteiger partial charge in [0.05, 0.1) is 23.0 Å². The molecule has 2 amide bonds. The van der Waals surface area contributed by atoms with Crippen molar-refractivity contribution in [3.8, 4) is 0 Å². The molecule has 3 heterocycles. The summed E-state index contributed by atoms with van der Waals surface area (Å²) in [6.45, 7) is 2.05. The fourth-order valence-corrected chi connectivity index (χ4v) is 4.47. The molecule has 0 aromatic carbocycles. The average molecular weight is 392 g/mol. The minimum absolute atomic E-state index is 0.0316. The molecule has 5 nitrogen and oxygen atoms in total. The second-order valence-corrected chi connectivity index (χ2v) is 8.08. The van der Waals surface area contributed by atoms with Gasteiger partial charge in [-0.2, -0.15) is 0 Å². The number of anilines is 1. The number of thiazole rings is 1. The summed E-state index contributed by atoms with van der Waals surface area (Å²) in [4.78, 5) is 30.4. The number of hydrogen-bond acceptors (Lipinski definition) is 6. The maximum atomic E-state index is 12.3. The Morgan fingerprint density at radius 1 is 1.16 bits per heavy atom. The Hall–Kier alpha value is -2.03. The van der Waals surface area contributed by atoms with Crippen molar-refractivity contribution in [3.05, 3.63) is 55.9 Å². The molecule has 0 aliphatic carbocycles. The van der Waals surface area contributed by atoms with Gasteiger partial charge in [0, 0.05) is 10.3 Å². The summed E-state index contributed by atoms with van der Waals surface area (Å²) in [6, 6.07) is 7.63. The predicted molar refractivity (Wildman–Crippen MR) is 104 cm³/mol. The van der Waals surface area contributed by atoms with Gasteiger partial charge in [-0.05, 0) is 29.3 Å². The molecule has 1 unspecified atom stereocenters. The van der Waals surface area contributed by atoms with Crippen LogP contribution in [0.15, 0.2) is 40.4 Å². The molecule has 0 aliphatic heterocycles. The minimum atomic E-state index is -0.177. The van der Waals surface area contributed by atoms with Crippen molar-refractivity contribution in [1.29, 1.82) is 0 Å². The molecular formula is C17H17N3O2S3. The number of carbonyl (C=O) groups is 2. The molecule has 130 valence electrons. The second-order valence-electron chi connectivity index (χ2n) is 5.30. The molecule has 1 atom stereocenters. The second kappa shape index (κ2) is 8.37. The lowest BCUT2D eigenvalue weighted by Crippen LogP contribution is -2.29. The third-order valence-corrected chi connectivity index (χ3v) is 6.15. The van der Waals surface area contributed by atoms with Crippen molar-refractivity contribution in [2.45, 2.75) is 25.8 Å². The van der Waals surface area contributed by atoms with Crippen LogP contribution in [0.1, 0.15) is 39.6 Å². The third kappa shape index (κ3) is 4.75. The molecule has 25 heavy (non-hydrogen) atoms. The van der Waals surface area contributed by atoms with Crippen LogP contribution in [-0.4, -0.2) is 16.8 Å². The third-order valence-electron chi connectivity index (χ3n) is 3.49. The number of amides is 2. The van der Waals surface area contributed by atoms with E-state index in [9.17, 15) is 9.59 Å². The van der Waals surface area contributed by atoms with Gasteiger partial charge < -0.3 is 5.32 Å². The Bertz CT molecular complexity index is 825. The van der Waals surface area contributed by atoms with Crippen molar-refractivity contribution in [3.63, 3.8) is 0 Å². The molecule has 0 bridgehead atoms. The van der Waals surface area contributed by atoms with Crippen LogP contribution in [0.5, 0.6) is 0 Å². The molecule has 0 saturated carbocycles. The largest absolute Gasteiger partial charge is 0.348 e. The lowest BCUT2D eigenvalue weighted by Gasteiger charge is -2.14. The Morgan fingerprint density at radius 3 is 2.64 bits per heavy atom. The van der Waals surface area contributed by atoms with E-state index < -0.39 is 0 Å². The molecule has 0 saturated heterocycles. The Kier molecular flexibility index (Phi) is 5.95. The van der Waals surface area contributed by atoms with Gasteiger partial charge in [0.2, 0.25) is 5.91 Å². The maximum Gasteiger partial charge on any atom is 0.267 e. The molecule has 2 N–H and O–H groups in total. The summed E-state index contributed by atoms with van der Waals surface area (Å²) in [6.07, 6.45) is 1.04. The summed E-state index contributed by atoms with van der Waals surface area (Å²) in [5.74, 6) is -0.245. The summed E-state index contributed by atoms with van der Waals surface area (Å²) in [5.41, 5.74) is 0.657. The number of nitrogens with one attached hydrogen (secondary N) is 2. The number of carbonyl (C=O) groups excluding carboxylic acids is 2. The van der Waals surface area contributed by atoms with Gasteiger partial charge in [-0.1, -0.05) is 19.1 Å². The van der Waals surface area contributed by atoms with Gasteiger partial charge in [0.15, 0.2) is 5.13 Å². The van der Waals surface area contributed by atoms with E-state index in [4.69, 9.17) is 0 Å². The first-order valence-electron chi connectivity index (χ1n) is 7.77. The first-order valence-corrected chi connectivity index (χ1v) is 10.4. The van der Waals surface area contributed by atoms with Crippen LogP contribution in [0.2, 0.25) is 0 Å². The fraction of sp³-hybridized carbons (Fsp3) is 0.235. The van der Waals surface area contributed by atoms with Gasteiger partial charge >= 0.3 is 0 Å². The quantitative estimate of drug-likeness (QED) is 0.630. The average Bonchev–Trinajstić information content (AvgIpc) is 3.34. The van der Waals surface area contributed by atoms with Gasteiger partial charge in [0.1, 0.15) is 0 Å². The number of rotatable bonds is 7. The maximum absolute atomic E-state index is 12.3. The highest BCUT2D eigenvalue weighted by atomic mass is 32.1. The zero-order valence-electron chi connectivity index (χ0n) is 13.5. The SMILES string of the molecule is CCC(NC(=O)Cc1csc(NC(=O)c2cccs2)n1)c1cccs1. The number of aromatic nitrogens is 1. The number of thiophene rings is 2. The topological polar surface area (TPSA) is 71.1 Å². The molecule has 3 aromatic heterocycles. The van der Waals surface area contributed by atoms with Crippen LogP contribution in [0.4, 0.5) is 5.13 Å². The van der Waals surface area contributed by atoms with Crippen LogP contribution in [0.3, 0.4) is 0 Å². The first kappa shape index (κ1) is 17.8. The van der Waals surface area contributed by atoms with Crippen molar-refractivity contribution in [2.75, 3.05) is 5.32 Å². The van der Waals surface area contributed by atoms with Crippen molar-refractivity contribution in [2.24, 2.45) is 0 Å². The summed E-state index contributed by atoms with van der Waals surface area (Å²) in [7, 11) is 0. The van der Waals surface area contributed by atoms with Crippen LogP contribution >= 0.6 is 34.0 Å². The summed E-state index contributed by atoms with van der Waals surface area (Å²) >= 11 is 4.34. The molecule has 3 rings (SSSR count). The van der Waals surface area contributed by atoms with Crippen LogP contribution in [0, 0.1) is 0 Å². The van der Waals surface area contributed by atoms with E-state index in [0.717, 1.165) is 11.3 Å². The van der Waals surface area contributed by atoms with Crippen molar-refractivity contribution >= 4 is 51.0 Å². The van der Waals surface area contributed by atoms with Crippen molar-refractivity contribution in [1.82, 2.24) is 10.3 Å². The highest BCUT2D eigenvalue weighted by Crippen LogP contribution is 2.22. The Balaban J connectivity index is 1.55. The van der Waals surface area contributed by atoms with E-state index in [-0.39, 0.29) is 24.3 Å². The first-order chi connectivity index (χ1) is 12.2. The van der Waals surface area contributed by atoms with E-state index >= 15 is 0 Å². The monoisotopic (exact) mass is 391 g/mol. The molecular weight excluding hydrogens is 374 g/mol. The Morgan fingerprint density at radius 2 is 1.96 bits per heavy atom. The van der Waals surface area contributed by atoms with Crippen LogP contribution in [0.25, 0.3) is 0 Å². The van der Waals surface area contributed by atoms with E-state index in [2.05, 4.69) is 15.6 Å². The predicted octanol–water partition coefficient (Wildman–Crippen LogP) is 4.33. The number of hydrogen-bond donors (Lipinski definition) is 2. The highest BCUT2D eigenvalue weighted by Gasteiger charge is 2.16. The molecule has 0 radical (unpaired) electrons. The van der Waals surface area contributed by atoms with Gasteiger partial charge in [-0.3, -0.25) is 14.9 Å². The molecule has 0 aliphatic rings. The highest BCUT2D eigenvalue weighted by molar-refractivity contribution is 7.14. The summed E-state index contributed by atoms with van der Waals surface area (Å²) in [5, 5.41) is 12.0. The molecule has 0 fully saturated rings. The van der Waals surface area contributed by atoms with Crippen LogP contribution in [-0.2, 0) is 11.2 Å². The normalized spacial score (nSPS) is 11.9. The zero-order valence-corrected chi connectivity index (χ0v) is 16.0. The van der Waals surface area contributed by atoms with Gasteiger partial charge in [-0.25, -0.2) is 4.98 Å². The zero-order chi connectivity index (χ0) is 17.6.